The topological polar surface area (TPSA) is 56.2 Å². The minimum Gasteiger partial charge on any atom is -0.381 e. The molecule has 6 heteroatoms. The van der Waals surface area contributed by atoms with Gasteiger partial charge in [-0.1, -0.05) is 0 Å². The summed E-state index contributed by atoms with van der Waals surface area (Å²) in [6, 6.07) is 0. The number of alkyl halides is 1. The van der Waals surface area contributed by atoms with Crippen LogP contribution in [0.4, 0.5) is 0 Å². The molecule has 106 valence electrons. The van der Waals surface area contributed by atoms with E-state index in [1.54, 1.807) is 4.68 Å². The molecule has 1 saturated heterocycles. The van der Waals surface area contributed by atoms with Crippen molar-refractivity contribution >= 4 is 17.5 Å². The molecular formula is C13H20ClN3O2. The third-order valence-electron chi connectivity index (χ3n) is 3.82. The molecule has 2 heterocycles. The molecule has 0 aromatic carbocycles. The molecule has 5 nitrogen and oxygen atoms in total. The van der Waals surface area contributed by atoms with E-state index in [1.807, 2.05) is 20.9 Å². The van der Waals surface area contributed by atoms with Crippen molar-refractivity contribution in [2.24, 2.45) is 7.05 Å². The van der Waals surface area contributed by atoms with Crippen LogP contribution in [0.15, 0.2) is 0 Å². The standard InChI is InChI=1S/C13H20ClN3O2/c1-9-11(10(2)17(3)16-9)12(18)15-13(8-14)4-6-19-7-5-13/h4-8H2,1-3H3,(H,15,18). The normalized spacial score (nSPS) is 18.3. The number of nitrogens with one attached hydrogen (secondary N) is 1. The molecule has 0 atom stereocenters. The predicted octanol–water partition coefficient (Wildman–Crippen LogP) is 1.55. The van der Waals surface area contributed by atoms with Gasteiger partial charge >= 0.3 is 0 Å². The monoisotopic (exact) mass is 285 g/mol. The minimum absolute atomic E-state index is 0.0920. The fraction of sp³-hybridized carbons (Fsp3) is 0.692. The first kappa shape index (κ1) is 14.3. The first-order valence-electron chi connectivity index (χ1n) is 6.45. The van der Waals surface area contributed by atoms with Crippen molar-refractivity contribution in [3.63, 3.8) is 0 Å². The molecule has 2 rings (SSSR count). The van der Waals surface area contributed by atoms with Crippen molar-refractivity contribution in [2.75, 3.05) is 19.1 Å². The largest absolute Gasteiger partial charge is 0.381 e. The Morgan fingerprint density at radius 1 is 1.47 bits per heavy atom. The summed E-state index contributed by atoms with van der Waals surface area (Å²) in [7, 11) is 1.84. The maximum absolute atomic E-state index is 12.5. The van der Waals surface area contributed by atoms with Gasteiger partial charge in [0.1, 0.15) is 0 Å². The van der Waals surface area contributed by atoms with Crippen LogP contribution in [0, 0.1) is 13.8 Å². The van der Waals surface area contributed by atoms with Crippen LogP contribution < -0.4 is 5.32 Å². The molecule has 0 aliphatic carbocycles. The average molecular weight is 286 g/mol. The van der Waals surface area contributed by atoms with Gasteiger partial charge in [0.15, 0.2) is 0 Å². The van der Waals surface area contributed by atoms with Gasteiger partial charge in [0.25, 0.3) is 5.91 Å². The number of hydrogen-bond acceptors (Lipinski definition) is 3. The Labute approximate surface area is 118 Å². The van der Waals surface area contributed by atoms with E-state index in [1.165, 1.54) is 0 Å². The van der Waals surface area contributed by atoms with Crippen LogP contribution in [-0.2, 0) is 11.8 Å². The number of hydrogen-bond donors (Lipinski definition) is 1. The number of nitrogens with zero attached hydrogens (tertiary/aromatic N) is 2. The number of aryl methyl sites for hydroxylation is 2. The number of halogens is 1. The van der Waals surface area contributed by atoms with Gasteiger partial charge in [0.2, 0.25) is 0 Å². The predicted molar refractivity (Wildman–Crippen MR) is 73.7 cm³/mol. The molecule has 0 saturated carbocycles. The van der Waals surface area contributed by atoms with Gasteiger partial charge < -0.3 is 10.1 Å². The first-order chi connectivity index (χ1) is 8.99. The van der Waals surface area contributed by atoms with E-state index in [9.17, 15) is 4.79 Å². The fourth-order valence-electron chi connectivity index (χ4n) is 2.46. The Morgan fingerprint density at radius 3 is 2.58 bits per heavy atom. The van der Waals surface area contributed by atoms with Crippen molar-refractivity contribution in [3.8, 4) is 0 Å². The zero-order valence-electron chi connectivity index (χ0n) is 11.6. The van der Waals surface area contributed by atoms with Crippen LogP contribution in [0.2, 0.25) is 0 Å². The summed E-state index contributed by atoms with van der Waals surface area (Å²) in [6.07, 6.45) is 1.50. The SMILES string of the molecule is Cc1nn(C)c(C)c1C(=O)NC1(CCl)CCOCC1. The number of rotatable bonds is 3. The zero-order chi connectivity index (χ0) is 14.0. The molecule has 1 aromatic heterocycles. The third-order valence-corrected chi connectivity index (χ3v) is 4.33. The highest BCUT2D eigenvalue weighted by molar-refractivity contribution is 6.19. The number of carbonyl (C=O) groups excluding carboxylic acids is 1. The summed E-state index contributed by atoms with van der Waals surface area (Å²) in [5, 5.41) is 7.36. The minimum atomic E-state index is -0.356. The summed E-state index contributed by atoms with van der Waals surface area (Å²) in [4.78, 5) is 12.5. The number of aromatic nitrogens is 2. The van der Waals surface area contributed by atoms with E-state index in [4.69, 9.17) is 16.3 Å². The number of amides is 1. The Kier molecular flexibility index (Phi) is 4.16. The molecular weight excluding hydrogens is 266 g/mol. The van der Waals surface area contributed by atoms with Crippen molar-refractivity contribution < 1.29 is 9.53 Å². The smallest absolute Gasteiger partial charge is 0.255 e. The van der Waals surface area contributed by atoms with E-state index in [0.717, 1.165) is 24.2 Å². The van der Waals surface area contributed by atoms with Crippen LogP contribution >= 0.6 is 11.6 Å². The number of ether oxygens (including phenoxy) is 1. The van der Waals surface area contributed by atoms with E-state index in [0.29, 0.717) is 24.7 Å². The van der Waals surface area contributed by atoms with Gasteiger partial charge in [0.05, 0.1) is 16.8 Å². The van der Waals surface area contributed by atoms with Crippen molar-refractivity contribution in [1.29, 1.82) is 0 Å². The lowest BCUT2D eigenvalue weighted by Gasteiger charge is -2.36. The second kappa shape index (κ2) is 5.51. The van der Waals surface area contributed by atoms with Crippen LogP contribution in [0.5, 0.6) is 0 Å². The van der Waals surface area contributed by atoms with Gasteiger partial charge in [-0.3, -0.25) is 9.48 Å². The lowest BCUT2D eigenvalue weighted by Crippen LogP contribution is -2.53. The molecule has 0 unspecified atom stereocenters. The van der Waals surface area contributed by atoms with Crippen molar-refractivity contribution in [1.82, 2.24) is 15.1 Å². The Hall–Kier alpha value is -1.07. The van der Waals surface area contributed by atoms with Gasteiger partial charge in [0, 0.05) is 31.8 Å². The highest BCUT2D eigenvalue weighted by Crippen LogP contribution is 2.23. The quantitative estimate of drug-likeness (QED) is 0.858. The maximum Gasteiger partial charge on any atom is 0.255 e. The van der Waals surface area contributed by atoms with Crippen molar-refractivity contribution in [2.45, 2.75) is 32.2 Å². The van der Waals surface area contributed by atoms with Crippen LogP contribution in [-0.4, -0.2) is 40.3 Å². The van der Waals surface area contributed by atoms with Crippen LogP contribution in [0.25, 0.3) is 0 Å². The van der Waals surface area contributed by atoms with E-state index >= 15 is 0 Å². The molecule has 19 heavy (non-hydrogen) atoms. The van der Waals surface area contributed by atoms with Crippen molar-refractivity contribution in [3.05, 3.63) is 17.0 Å². The highest BCUT2D eigenvalue weighted by Gasteiger charge is 2.34. The first-order valence-corrected chi connectivity index (χ1v) is 6.99. The van der Waals surface area contributed by atoms with E-state index in [2.05, 4.69) is 10.4 Å². The molecule has 1 N–H and O–H groups in total. The molecule has 1 fully saturated rings. The third kappa shape index (κ3) is 2.77. The van der Waals surface area contributed by atoms with E-state index in [-0.39, 0.29) is 11.4 Å². The fourth-order valence-corrected chi connectivity index (χ4v) is 2.79. The maximum atomic E-state index is 12.5. The second-order valence-corrected chi connectivity index (χ2v) is 5.42. The van der Waals surface area contributed by atoms with Gasteiger partial charge in [-0.05, 0) is 26.7 Å². The molecule has 0 bridgehead atoms. The molecule has 1 aliphatic heterocycles. The number of carbonyl (C=O) groups is 1. The summed E-state index contributed by atoms with van der Waals surface area (Å²) in [5.74, 6) is 0.311. The zero-order valence-corrected chi connectivity index (χ0v) is 12.4. The summed E-state index contributed by atoms with van der Waals surface area (Å²) in [5.41, 5.74) is 1.91. The highest BCUT2D eigenvalue weighted by atomic mass is 35.5. The molecule has 1 aromatic rings. The van der Waals surface area contributed by atoms with Crippen LogP contribution in [0.3, 0.4) is 0 Å². The summed E-state index contributed by atoms with van der Waals surface area (Å²) >= 11 is 6.06. The summed E-state index contributed by atoms with van der Waals surface area (Å²) < 4.78 is 7.06. The Bertz CT molecular complexity index is 478. The Balaban J connectivity index is 2.20. The average Bonchev–Trinajstić information content (AvgIpc) is 2.64. The van der Waals surface area contributed by atoms with Crippen LogP contribution in [0.1, 0.15) is 34.6 Å². The Morgan fingerprint density at radius 2 is 2.11 bits per heavy atom. The molecule has 0 spiro atoms. The molecule has 1 aliphatic rings. The lowest BCUT2D eigenvalue weighted by atomic mass is 9.91. The van der Waals surface area contributed by atoms with Gasteiger partial charge in [-0.25, -0.2) is 0 Å². The molecule has 0 radical (unpaired) electrons. The lowest BCUT2D eigenvalue weighted by molar-refractivity contribution is 0.0433. The summed E-state index contributed by atoms with van der Waals surface area (Å²) in [6.45, 7) is 5.02. The van der Waals surface area contributed by atoms with E-state index < -0.39 is 0 Å². The van der Waals surface area contributed by atoms with Gasteiger partial charge in [-0.15, -0.1) is 11.6 Å². The molecule has 1 amide bonds. The second-order valence-electron chi connectivity index (χ2n) is 5.15. The van der Waals surface area contributed by atoms with Gasteiger partial charge in [-0.2, -0.15) is 5.10 Å².